The zero-order valence-electron chi connectivity index (χ0n) is 13.0. The van der Waals surface area contributed by atoms with Crippen LogP contribution >= 0.6 is 0 Å². The van der Waals surface area contributed by atoms with Gasteiger partial charge in [-0.1, -0.05) is 17.7 Å². The number of nitrogens with zero attached hydrogens (tertiary/aromatic N) is 2. The molecule has 5 heteroatoms. The zero-order valence-corrected chi connectivity index (χ0v) is 13.0. The van der Waals surface area contributed by atoms with E-state index in [9.17, 15) is 4.79 Å². The van der Waals surface area contributed by atoms with E-state index < -0.39 is 0 Å². The second kappa shape index (κ2) is 8.00. The lowest BCUT2D eigenvalue weighted by molar-refractivity contribution is -0.122. The number of carbonyl (C=O) groups excluding carboxylic acids is 1. The molecule has 0 saturated carbocycles. The molecule has 0 aliphatic carbocycles. The predicted molar refractivity (Wildman–Crippen MR) is 83.6 cm³/mol. The standard InChI is InChI=1S/C16H25N3O2/c1-14-3-5-15(6-4-14)21-12-11-18-7-9-19(10-8-18)13-16(20)17-2/h3-6H,7-13H2,1-2H3,(H,17,20). The molecule has 0 spiro atoms. The minimum Gasteiger partial charge on any atom is -0.492 e. The molecule has 2 rings (SSSR count). The van der Waals surface area contributed by atoms with Crippen LogP contribution in [-0.4, -0.2) is 68.6 Å². The van der Waals surface area contributed by atoms with Gasteiger partial charge in [0.15, 0.2) is 0 Å². The van der Waals surface area contributed by atoms with Gasteiger partial charge < -0.3 is 10.1 Å². The molecule has 5 nitrogen and oxygen atoms in total. The third kappa shape index (κ3) is 5.36. The Kier molecular flexibility index (Phi) is 6.02. The van der Waals surface area contributed by atoms with Crippen molar-refractivity contribution in [2.24, 2.45) is 0 Å². The van der Waals surface area contributed by atoms with E-state index in [1.54, 1.807) is 7.05 Å². The van der Waals surface area contributed by atoms with Crippen molar-refractivity contribution in [3.8, 4) is 5.75 Å². The van der Waals surface area contributed by atoms with Gasteiger partial charge in [0, 0.05) is 39.8 Å². The number of rotatable bonds is 6. The van der Waals surface area contributed by atoms with Crippen LogP contribution < -0.4 is 10.1 Å². The number of nitrogens with one attached hydrogen (secondary N) is 1. The molecule has 1 saturated heterocycles. The Hall–Kier alpha value is -1.59. The number of amides is 1. The molecule has 0 atom stereocenters. The molecule has 1 N–H and O–H groups in total. The number of piperazine rings is 1. The van der Waals surface area contributed by atoms with Gasteiger partial charge in [-0.25, -0.2) is 0 Å². The van der Waals surface area contributed by atoms with Gasteiger partial charge in [-0.15, -0.1) is 0 Å². The lowest BCUT2D eigenvalue weighted by atomic mass is 10.2. The van der Waals surface area contributed by atoms with E-state index >= 15 is 0 Å². The first-order chi connectivity index (χ1) is 10.2. The minimum absolute atomic E-state index is 0.0890. The van der Waals surface area contributed by atoms with Crippen molar-refractivity contribution in [2.75, 3.05) is 52.9 Å². The van der Waals surface area contributed by atoms with E-state index in [1.165, 1.54) is 5.56 Å². The third-order valence-electron chi connectivity index (χ3n) is 3.81. The lowest BCUT2D eigenvalue weighted by Gasteiger charge is -2.34. The van der Waals surface area contributed by atoms with Crippen LogP contribution in [0.3, 0.4) is 0 Å². The Morgan fingerprint density at radius 1 is 1.14 bits per heavy atom. The largest absolute Gasteiger partial charge is 0.492 e. The van der Waals surface area contributed by atoms with Crippen molar-refractivity contribution in [1.82, 2.24) is 15.1 Å². The summed E-state index contributed by atoms with van der Waals surface area (Å²) in [5.41, 5.74) is 1.24. The zero-order chi connectivity index (χ0) is 15.1. The summed E-state index contributed by atoms with van der Waals surface area (Å²) in [7, 11) is 1.68. The maximum Gasteiger partial charge on any atom is 0.233 e. The molecule has 1 aliphatic heterocycles. The second-order valence-corrected chi connectivity index (χ2v) is 5.45. The summed E-state index contributed by atoms with van der Waals surface area (Å²) < 4.78 is 5.75. The predicted octanol–water partition coefficient (Wildman–Crippen LogP) is 0.737. The molecule has 1 fully saturated rings. The summed E-state index contributed by atoms with van der Waals surface area (Å²) >= 11 is 0. The molecule has 1 aromatic carbocycles. The van der Waals surface area contributed by atoms with Crippen LogP contribution in [0.15, 0.2) is 24.3 Å². The van der Waals surface area contributed by atoms with Crippen LogP contribution in [0.4, 0.5) is 0 Å². The SMILES string of the molecule is CNC(=O)CN1CCN(CCOc2ccc(C)cc2)CC1. The first-order valence-corrected chi connectivity index (χ1v) is 7.52. The summed E-state index contributed by atoms with van der Waals surface area (Å²) in [5.74, 6) is 1.02. The Balaban J connectivity index is 1.62. The van der Waals surface area contributed by atoms with E-state index in [0.717, 1.165) is 38.5 Å². The van der Waals surface area contributed by atoms with Crippen molar-refractivity contribution in [3.05, 3.63) is 29.8 Å². The molecule has 1 heterocycles. The molecule has 0 radical (unpaired) electrons. The van der Waals surface area contributed by atoms with Crippen LogP contribution in [0.5, 0.6) is 5.75 Å². The van der Waals surface area contributed by atoms with Crippen molar-refractivity contribution in [1.29, 1.82) is 0 Å². The van der Waals surface area contributed by atoms with Crippen molar-refractivity contribution < 1.29 is 9.53 Å². The highest BCUT2D eigenvalue weighted by molar-refractivity contribution is 5.77. The Labute approximate surface area is 126 Å². The van der Waals surface area contributed by atoms with Gasteiger partial charge >= 0.3 is 0 Å². The molecular formula is C16H25N3O2. The van der Waals surface area contributed by atoms with Gasteiger partial charge in [0.05, 0.1) is 6.54 Å². The fraction of sp³-hybridized carbons (Fsp3) is 0.562. The topological polar surface area (TPSA) is 44.8 Å². The fourth-order valence-electron chi connectivity index (χ4n) is 2.38. The molecule has 116 valence electrons. The normalized spacial score (nSPS) is 16.7. The number of hydrogen-bond acceptors (Lipinski definition) is 4. The van der Waals surface area contributed by atoms with Crippen molar-refractivity contribution >= 4 is 5.91 Å². The summed E-state index contributed by atoms with van der Waals surface area (Å²) in [5, 5.41) is 2.67. The summed E-state index contributed by atoms with van der Waals surface area (Å²) in [4.78, 5) is 15.9. The summed E-state index contributed by atoms with van der Waals surface area (Å²) in [6.07, 6.45) is 0. The number of carbonyl (C=O) groups is 1. The van der Waals surface area contributed by atoms with E-state index in [0.29, 0.717) is 13.2 Å². The molecule has 21 heavy (non-hydrogen) atoms. The maximum atomic E-state index is 11.3. The van der Waals surface area contributed by atoms with E-state index in [2.05, 4.69) is 34.2 Å². The number of hydrogen-bond donors (Lipinski definition) is 1. The van der Waals surface area contributed by atoms with E-state index in [4.69, 9.17) is 4.74 Å². The van der Waals surface area contributed by atoms with Crippen LogP contribution in [0, 0.1) is 6.92 Å². The van der Waals surface area contributed by atoms with Crippen molar-refractivity contribution in [2.45, 2.75) is 6.92 Å². The molecular weight excluding hydrogens is 266 g/mol. The van der Waals surface area contributed by atoms with Crippen molar-refractivity contribution in [3.63, 3.8) is 0 Å². The average Bonchev–Trinajstić information content (AvgIpc) is 2.51. The molecule has 1 aromatic rings. The highest BCUT2D eigenvalue weighted by Crippen LogP contribution is 2.11. The summed E-state index contributed by atoms with van der Waals surface area (Å²) in [6.45, 7) is 8.09. The van der Waals surface area contributed by atoms with Crippen LogP contribution in [0.25, 0.3) is 0 Å². The molecule has 1 amide bonds. The highest BCUT2D eigenvalue weighted by atomic mass is 16.5. The van der Waals surface area contributed by atoms with Gasteiger partial charge in [-0.3, -0.25) is 14.6 Å². The molecule has 0 bridgehead atoms. The molecule has 0 unspecified atom stereocenters. The number of ether oxygens (including phenoxy) is 1. The Morgan fingerprint density at radius 3 is 2.38 bits per heavy atom. The average molecular weight is 291 g/mol. The first-order valence-electron chi connectivity index (χ1n) is 7.52. The van der Waals surface area contributed by atoms with Gasteiger partial charge in [0.25, 0.3) is 0 Å². The minimum atomic E-state index is 0.0890. The van der Waals surface area contributed by atoms with Gasteiger partial charge in [-0.05, 0) is 19.1 Å². The second-order valence-electron chi connectivity index (χ2n) is 5.45. The quantitative estimate of drug-likeness (QED) is 0.839. The third-order valence-corrected chi connectivity index (χ3v) is 3.81. The highest BCUT2D eigenvalue weighted by Gasteiger charge is 2.18. The summed E-state index contributed by atoms with van der Waals surface area (Å²) in [6, 6.07) is 8.15. The smallest absolute Gasteiger partial charge is 0.233 e. The number of benzene rings is 1. The Bertz CT molecular complexity index is 439. The van der Waals surface area contributed by atoms with Gasteiger partial charge in [-0.2, -0.15) is 0 Å². The maximum absolute atomic E-state index is 11.3. The molecule has 1 aliphatic rings. The van der Waals surface area contributed by atoms with Crippen LogP contribution in [0.2, 0.25) is 0 Å². The van der Waals surface area contributed by atoms with Crippen LogP contribution in [-0.2, 0) is 4.79 Å². The molecule has 0 aromatic heterocycles. The van der Waals surface area contributed by atoms with E-state index in [-0.39, 0.29) is 5.91 Å². The van der Waals surface area contributed by atoms with Gasteiger partial charge in [0.1, 0.15) is 12.4 Å². The van der Waals surface area contributed by atoms with Crippen LogP contribution in [0.1, 0.15) is 5.56 Å². The number of aryl methyl sites for hydroxylation is 1. The fourth-order valence-corrected chi connectivity index (χ4v) is 2.38. The number of likely N-dealkylation sites (N-methyl/N-ethyl adjacent to an activating group) is 1. The monoisotopic (exact) mass is 291 g/mol. The lowest BCUT2D eigenvalue weighted by Crippen LogP contribution is -2.49. The first kappa shape index (κ1) is 15.8. The van der Waals surface area contributed by atoms with E-state index in [1.807, 2.05) is 12.1 Å². The van der Waals surface area contributed by atoms with Gasteiger partial charge in [0.2, 0.25) is 5.91 Å². The Morgan fingerprint density at radius 2 is 1.76 bits per heavy atom.